The second-order valence-electron chi connectivity index (χ2n) is 5.80. The first kappa shape index (κ1) is 17.1. The Balaban J connectivity index is 1.82. The molecular weight excluding hydrogens is 320 g/mol. The molecule has 0 saturated heterocycles. The molecule has 0 bridgehead atoms. The van der Waals surface area contributed by atoms with Crippen LogP contribution in [0.1, 0.15) is 33.6 Å². The molecule has 0 radical (unpaired) electrons. The van der Waals surface area contributed by atoms with E-state index in [2.05, 4.69) is 34.1 Å². The molecule has 0 fully saturated rings. The van der Waals surface area contributed by atoms with Crippen LogP contribution < -0.4 is 5.32 Å². The third-order valence-corrected chi connectivity index (χ3v) is 4.29. The van der Waals surface area contributed by atoms with Crippen molar-refractivity contribution in [1.82, 2.24) is 20.3 Å². The third kappa shape index (κ3) is 5.18. The Bertz CT molecular complexity index is 644. The Morgan fingerprint density at radius 1 is 1.41 bits per heavy atom. The van der Waals surface area contributed by atoms with Crippen molar-refractivity contribution in [2.24, 2.45) is 5.92 Å². The summed E-state index contributed by atoms with van der Waals surface area (Å²) in [5, 5.41) is 4.25. The number of halogens is 1. The smallest absolute Gasteiger partial charge is 0.230 e. The van der Waals surface area contributed by atoms with Crippen LogP contribution >= 0.6 is 23.4 Å². The summed E-state index contributed by atoms with van der Waals surface area (Å²) in [4.78, 5) is 23.5. The monoisotopic (exact) mass is 340 g/mol. The lowest BCUT2D eigenvalue weighted by Gasteiger charge is -2.14. The van der Waals surface area contributed by atoms with E-state index in [0.29, 0.717) is 27.5 Å². The van der Waals surface area contributed by atoms with Gasteiger partial charge in [-0.25, -0.2) is 9.97 Å². The van der Waals surface area contributed by atoms with Crippen LogP contribution in [0.4, 0.5) is 0 Å². The van der Waals surface area contributed by atoms with Gasteiger partial charge in [-0.3, -0.25) is 4.79 Å². The fourth-order valence-corrected chi connectivity index (χ4v) is 2.87. The van der Waals surface area contributed by atoms with E-state index in [1.807, 2.05) is 6.92 Å². The summed E-state index contributed by atoms with van der Waals surface area (Å²) < 4.78 is 0. The molecule has 1 atom stereocenters. The van der Waals surface area contributed by atoms with Gasteiger partial charge in [-0.1, -0.05) is 37.2 Å². The van der Waals surface area contributed by atoms with Gasteiger partial charge in [0.05, 0.1) is 16.3 Å². The molecule has 0 spiro atoms. The van der Waals surface area contributed by atoms with Crippen LogP contribution in [0, 0.1) is 5.92 Å². The number of carbonyl (C=O) groups excluding carboxylic acids is 1. The van der Waals surface area contributed by atoms with Gasteiger partial charge in [0.1, 0.15) is 0 Å². The van der Waals surface area contributed by atoms with Crippen molar-refractivity contribution in [3.05, 3.63) is 17.3 Å². The summed E-state index contributed by atoms with van der Waals surface area (Å²) in [6.45, 7) is 6.41. The highest BCUT2D eigenvalue weighted by Crippen LogP contribution is 2.20. The zero-order valence-electron chi connectivity index (χ0n) is 13.0. The molecule has 0 aliphatic heterocycles. The summed E-state index contributed by atoms with van der Waals surface area (Å²) in [7, 11) is 0. The Morgan fingerprint density at radius 3 is 2.91 bits per heavy atom. The van der Waals surface area contributed by atoms with Crippen LogP contribution in [0.15, 0.2) is 17.4 Å². The van der Waals surface area contributed by atoms with Crippen molar-refractivity contribution >= 4 is 40.4 Å². The Morgan fingerprint density at radius 2 is 2.18 bits per heavy atom. The number of H-pyrrole nitrogens is 1. The van der Waals surface area contributed by atoms with Crippen molar-refractivity contribution in [1.29, 1.82) is 0 Å². The van der Waals surface area contributed by atoms with Crippen LogP contribution in [-0.2, 0) is 4.79 Å². The van der Waals surface area contributed by atoms with Gasteiger partial charge in [0.2, 0.25) is 5.91 Å². The molecule has 7 heteroatoms. The van der Waals surface area contributed by atoms with E-state index >= 15 is 0 Å². The average Bonchev–Trinajstić information content (AvgIpc) is 2.85. The standard InChI is InChI=1S/C15H21ClN4OS/c1-9(2)4-5-10(3)18-13(21)8-22-15-19-12-6-11(16)7-17-14(12)20-15/h6-7,9-10H,4-5,8H2,1-3H3,(H,18,21)(H,17,19,20)/t10-/m0/s1. The fraction of sp³-hybridized carbons (Fsp3) is 0.533. The molecule has 1 amide bonds. The van der Waals surface area contributed by atoms with Gasteiger partial charge in [-0.15, -0.1) is 0 Å². The Labute approximate surface area is 139 Å². The maximum absolute atomic E-state index is 11.9. The van der Waals surface area contributed by atoms with Crippen LogP contribution in [0.5, 0.6) is 0 Å². The minimum absolute atomic E-state index is 0.0210. The van der Waals surface area contributed by atoms with Gasteiger partial charge in [-0.2, -0.15) is 0 Å². The second kappa shape index (κ2) is 7.83. The zero-order valence-corrected chi connectivity index (χ0v) is 14.6. The van der Waals surface area contributed by atoms with Crippen LogP contribution in [0.25, 0.3) is 11.2 Å². The van der Waals surface area contributed by atoms with Crippen LogP contribution in [0.3, 0.4) is 0 Å². The van der Waals surface area contributed by atoms with Gasteiger partial charge in [-0.05, 0) is 31.7 Å². The molecule has 120 valence electrons. The molecule has 0 aromatic carbocycles. The minimum Gasteiger partial charge on any atom is -0.353 e. The van der Waals surface area contributed by atoms with Gasteiger partial charge in [0.15, 0.2) is 10.8 Å². The molecule has 2 aromatic rings. The van der Waals surface area contributed by atoms with E-state index in [4.69, 9.17) is 11.6 Å². The molecule has 0 saturated carbocycles. The molecule has 2 N–H and O–H groups in total. The second-order valence-corrected chi connectivity index (χ2v) is 7.20. The first-order valence-corrected chi connectivity index (χ1v) is 8.74. The van der Waals surface area contributed by atoms with Gasteiger partial charge in [0, 0.05) is 12.2 Å². The maximum Gasteiger partial charge on any atom is 0.230 e. The predicted octanol–water partition coefficient (Wildman–Crippen LogP) is 3.64. The number of aromatic nitrogens is 3. The number of thioether (sulfide) groups is 1. The molecular formula is C15H21ClN4OS. The summed E-state index contributed by atoms with van der Waals surface area (Å²) in [6, 6.07) is 1.97. The first-order valence-electron chi connectivity index (χ1n) is 7.37. The molecule has 5 nitrogen and oxygen atoms in total. The normalized spacial score (nSPS) is 12.8. The number of nitrogens with one attached hydrogen (secondary N) is 2. The highest BCUT2D eigenvalue weighted by atomic mass is 35.5. The number of hydrogen-bond donors (Lipinski definition) is 2. The lowest BCUT2D eigenvalue weighted by Crippen LogP contribution is -2.34. The number of rotatable bonds is 7. The van der Waals surface area contributed by atoms with Crippen LogP contribution in [-0.4, -0.2) is 32.7 Å². The number of amides is 1. The summed E-state index contributed by atoms with van der Waals surface area (Å²) in [5.41, 5.74) is 1.39. The van der Waals surface area contributed by atoms with Crippen molar-refractivity contribution in [3.8, 4) is 0 Å². The van der Waals surface area contributed by atoms with Crippen molar-refractivity contribution in [2.75, 3.05) is 5.75 Å². The number of pyridine rings is 1. The lowest BCUT2D eigenvalue weighted by molar-refractivity contribution is -0.119. The van der Waals surface area contributed by atoms with Crippen LogP contribution in [0.2, 0.25) is 5.02 Å². The molecule has 2 rings (SSSR count). The number of nitrogens with zero attached hydrogens (tertiary/aromatic N) is 2. The molecule has 0 aliphatic rings. The molecule has 2 aromatic heterocycles. The summed E-state index contributed by atoms with van der Waals surface area (Å²) >= 11 is 7.25. The fourth-order valence-electron chi connectivity index (χ4n) is 2.03. The average molecular weight is 341 g/mol. The van der Waals surface area contributed by atoms with Gasteiger partial charge >= 0.3 is 0 Å². The summed E-state index contributed by atoms with van der Waals surface area (Å²) in [5.74, 6) is 1.01. The van der Waals surface area contributed by atoms with E-state index in [9.17, 15) is 4.79 Å². The van der Waals surface area contributed by atoms with E-state index < -0.39 is 0 Å². The highest BCUT2D eigenvalue weighted by Gasteiger charge is 2.11. The van der Waals surface area contributed by atoms with Gasteiger partial charge in [0.25, 0.3) is 0 Å². The van der Waals surface area contributed by atoms with Crippen molar-refractivity contribution in [2.45, 2.75) is 44.8 Å². The third-order valence-electron chi connectivity index (χ3n) is 3.21. The maximum atomic E-state index is 11.9. The number of aromatic amines is 1. The first-order chi connectivity index (χ1) is 10.4. The highest BCUT2D eigenvalue weighted by molar-refractivity contribution is 7.99. The number of fused-ring (bicyclic) bond motifs is 1. The predicted molar refractivity (Wildman–Crippen MR) is 91.3 cm³/mol. The van der Waals surface area contributed by atoms with Crippen molar-refractivity contribution in [3.63, 3.8) is 0 Å². The number of imidazole rings is 1. The summed E-state index contributed by atoms with van der Waals surface area (Å²) in [6.07, 6.45) is 3.67. The largest absolute Gasteiger partial charge is 0.353 e. The topological polar surface area (TPSA) is 70.7 Å². The molecule has 2 heterocycles. The number of carbonyl (C=O) groups is 1. The zero-order chi connectivity index (χ0) is 16.1. The van der Waals surface area contributed by atoms with E-state index in [0.717, 1.165) is 18.4 Å². The van der Waals surface area contributed by atoms with Gasteiger partial charge < -0.3 is 10.3 Å². The van der Waals surface area contributed by atoms with E-state index in [1.54, 1.807) is 12.3 Å². The minimum atomic E-state index is 0.0210. The lowest BCUT2D eigenvalue weighted by atomic mass is 10.0. The molecule has 0 unspecified atom stereocenters. The Kier molecular flexibility index (Phi) is 6.08. The quantitative estimate of drug-likeness (QED) is 0.755. The molecule has 22 heavy (non-hydrogen) atoms. The van der Waals surface area contributed by atoms with E-state index in [-0.39, 0.29) is 11.9 Å². The number of hydrogen-bond acceptors (Lipinski definition) is 4. The van der Waals surface area contributed by atoms with Crippen molar-refractivity contribution < 1.29 is 4.79 Å². The van der Waals surface area contributed by atoms with E-state index in [1.165, 1.54) is 11.8 Å². The molecule has 0 aliphatic carbocycles. The Hall–Kier alpha value is -1.27. The SMILES string of the molecule is CC(C)CC[C@H](C)NC(=O)CSc1nc2ncc(Cl)cc2[nH]1.